The van der Waals surface area contributed by atoms with Crippen molar-refractivity contribution in [3.8, 4) is 12.3 Å². The van der Waals surface area contributed by atoms with Crippen molar-refractivity contribution in [2.45, 2.75) is 51.4 Å². The van der Waals surface area contributed by atoms with E-state index in [4.69, 9.17) is 6.42 Å². The van der Waals surface area contributed by atoms with Crippen LogP contribution >= 0.6 is 0 Å². The van der Waals surface area contributed by atoms with Gasteiger partial charge in [-0.05, 0) is 50.2 Å². The van der Waals surface area contributed by atoms with Gasteiger partial charge in [0, 0.05) is 6.42 Å². The fourth-order valence-electron chi connectivity index (χ4n) is 1.65. The zero-order valence-corrected chi connectivity index (χ0v) is 8.31. The van der Waals surface area contributed by atoms with Gasteiger partial charge in [0.25, 0.3) is 0 Å². The van der Waals surface area contributed by atoms with Crippen LogP contribution in [-0.2, 0) is 0 Å². The Morgan fingerprint density at radius 2 is 2.00 bits per heavy atom. The first-order valence-corrected chi connectivity index (χ1v) is 5.30. The third kappa shape index (κ3) is 4.61. The van der Waals surface area contributed by atoms with Crippen molar-refractivity contribution in [3.05, 3.63) is 17.4 Å². The molecule has 0 nitrogen and oxygen atoms in total. The van der Waals surface area contributed by atoms with E-state index in [0.29, 0.717) is 0 Å². The van der Waals surface area contributed by atoms with E-state index in [2.05, 4.69) is 17.7 Å². The number of rotatable bonds is 3. The van der Waals surface area contributed by atoms with Crippen LogP contribution in [0, 0.1) is 12.3 Å². The van der Waals surface area contributed by atoms with E-state index in [1.165, 1.54) is 37.7 Å². The molecule has 0 aromatic carbocycles. The molecule has 0 amide bonds. The lowest BCUT2D eigenvalue weighted by atomic mass is 9.95. The highest BCUT2D eigenvalue weighted by molar-refractivity contribution is 5.03. The Kier molecular flexibility index (Phi) is 5.14. The number of hydrogen-bond donors (Lipinski definition) is 0. The number of hydrogen-bond acceptors (Lipinski definition) is 0. The van der Waals surface area contributed by atoms with Crippen LogP contribution in [0.4, 0.5) is 0 Å². The Morgan fingerprint density at radius 3 is 2.69 bits per heavy atom. The molecule has 0 atom stereocenters. The van der Waals surface area contributed by atoms with Gasteiger partial charge in [-0.3, -0.25) is 0 Å². The fraction of sp³-hybridized carbons (Fsp3) is 0.615. The zero-order chi connectivity index (χ0) is 9.36. The molecule has 0 radical (unpaired) electrons. The predicted molar refractivity (Wildman–Crippen MR) is 57.4 cm³/mol. The van der Waals surface area contributed by atoms with Crippen LogP contribution in [0.15, 0.2) is 17.4 Å². The van der Waals surface area contributed by atoms with Gasteiger partial charge >= 0.3 is 0 Å². The maximum atomic E-state index is 5.16. The molecule has 1 saturated carbocycles. The summed E-state index contributed by atoms with van der Waals surface area (Å²) in [5, 5.41) is 0. The van der Waals surface area contributed by atoms with E-state index in [0.717, 1.165) is 19.3 Å². The lowest BCUT2D eigenvalue weighted by molar-refractivity contribution is 0.600. The molecule has 0 heteroatoms. The minimum absolute atomic E-state index is 0.896. The van der Waals surface area contributed by atoms with Gasteiger partial charge in [-0.25, -0.2) is 0 Å². The lowest BCUT2D eigenvalue weighted by Gasteiger charge is -2.10. The van der Waals surface area contributed by atoms with Gasteiger partial charge in [0.15, 0.2) is 0 Å². The Labute approximate surface area is 81.7 Å². The van der Waals surface area contributed by atoms with E-state index in [-0.39, 0.29) is 0 Å². The second kappa shape index (κ2) is 6.58. The number of terminal acetylenes is 1. The van der Waals surface area contributed by atoms with Crippen molar-refractivity contribution in [2.24, 2.45) is 0 Å². The average Bonchev–Trinajstić information content (AvgIpc) is 2.19. The Hall–Kier alpha value is -0.920. The minimum Gasteiger partial charge on any atom is -0.126 e. The SMILES string of the molecule is C#CCCCC=C=C1CCCCC1. The molecule has 1 fully saturated rings. The smallest absolute Gasteiger partial charge is 0.00892 e. The van der Waals surface area contributed by atoms with E-state index < -0.39 is 0 Å². The van der Waals surface area contributed by atoms with Crippen LogP contribution in [0.2, 0.25) is 0 Å². The fourth-order valence-corrected chi connectivity index (χ4v) is 1.65. The van der Waals surface area contributed by atoms with Crippen molar-refractivity contribution in [3.63, 3.8) is 0 Å². The molecule has 0 unspecified atom stereocenters. The van der Waals surface area contributed by atoms with E-state index in [1.807, 2.05) is 0 Å². The predicted octanol–water partition coefficient (Wildman–Crippen LogP) is 3.84. The van der Waals surface area contributed by atoms with Crippen LogP contribution in [0.25, 0.3) is 0 Å². The zero-order valence-electron chi connectivity index (χ0n) is 8.31. The molecule has 0 aromatic rings. The van der Waals surface area contributed by atoms with Crippen molar-refractivity contribution in [1.29, 1.82) is 0 Å². The van der Waals surface area contributed by atoms with Crippen LogP contribution in [0.3, 0.4) is 0 Å². The van der Waals surface area contributed by atoms with Gasteiger partial charge in [-0.1, -0.05) is 6.42 Å². The van der Waals surface area contributed by atoms with Crippen molar-refractivity contribution in [1.82, 2.24) is 0 Å². The molecule has 0 N–H and O–H groups in total. The molecule has 0 heterocycles. The van der Waals surface area contributed by atoms with Crippen molar-refractivity contribution < 1.29 is 0 Å². The van der Waals surface area contributed by atoms with Crippen LogP contribution in [0.1, 0.15) is 51.4 Å². The maximum Gasteiger partial charge on any atom is 0.00892 e. The van der Waals surface area contributed by atoms with Crippen molar-refractivity contribution >= 4 is 0 Å². The van der Waals surface area contributed by atoms with Crippen molar-refractivity contribution in [2.75, 3.05) is 0 Å². The summed E-state index contributed by atoms with van der Waals surface area (Å²) in [4.78, 5) is 0. The molecule has 0 aliphatic heterocycles. The molecule has 0 saturated heterocycles. The van der Waals surface area contributed by atoms with E-state index in [1.54, 1.807) is 0 Å². The van der Waals surface area contributed by atoms with Gasteiger partial charge in [-0.15, -0.1) is 18.1 Å². The topological polar surface area (TPSA) is 0 Å². The molecule has 0 bridgehead atoms. The average molecular weight is 174 g/mol. The normalized spacial score (nSPS) is 16.1. The van der Waals surface area contributed by atoms with E-state index in [9.17, 15) is 0 Å². The highest BCUT2D eigenvalue weighted by Gasteiger charge is 2.02. The standard InChI is InChI=1S/C13H18/c1-2-3-4-5-7-10-13-11-8-6-9-12-13/h1,7H,3-6,8-9,11-12H2. The van der Waals surface area contributed by atoms with Crippen LogP contribution < -0.4 is 0 Å². The second-order valence-corrected chi connectivity index (χ2v) is 3.61. The Bertz CT molecular complexity index is 225. The summed E-state index contributed by atoms with van der Waals surface area (Å²) in [5.41, 5.74) is 4.92. The highest BCUT2D eigenvalue weighted by atomic mass is 14.1. The van der Waals surface area contributed by atoms with Gasteiger partial charge < -0.3 is 0 Å². The summed E-state index contributed by atoms with van der Waals surface area (Å²) in [7, 11) is 0. The molecule has 13 heavy (non-hydrogen) atoms. The van der Waals surface area contributed by atoms with Gasteiger partial charge in [-0.2, -0.15) is 0 Å². The second-order valence-electron chi connectivity index (χ2n) is 3.61. The first-order chi connectivity index (χ1) is 6.43. The molecule has 70 valence electrons. The third-order valence-electron chi connectivity index (χ3n) is 2.43. The molecular weight excluding hydrogens is 156 g/mol. The number of allylic oxidation sites excluding steroid dienone is 1. The first kappa shape index (κ1) is 10.2. The molecule has 1 rings (SSSR count). The summed E-state index contributed by atoms with van der Waals surface area (Å²) in [5.74, 6) is 2.65. The quantitative estimate of drug-likeness (QED) is 0.346. The first-order valence-electron chi connectivity index (χ1n) is 5.30. The monoisotopic (exact) mass is 174 g/mol. The summed E-state index contributed by atoms with van der Waals surface area (Å²) in [6.07, 6.45) is 17.1. The molecule has 1 aliphatic rings. The molecule has 1 aliphatic carbocycles. The molecule has 0 spiro atoms. The summed E-state index contributed by atoms with van der Waals surface area (Å²) in [6.45, 7) is 0. The third-order valence-corrected chi connectivity index (χ3v) is 2.43. The van der Waals surface area contributed by atoms with Crippen LogP contribution in [0.5, 0.6) is 0 Å². The Balaban J connectivity index is 2.23. The summed E-state index contributed by atoms with van der Waals surface area (Å²) in [6, 6.07) is 0. The maximum absolute atomic E-state index is 5.16. The van der Waals surface area contributed by atoms with Gasteiger partial charge in [0.05, 0.1) is 0 Å². The summed E-state index contributed by atoms with van der Waals surface area (Å²) >= 11 is 0. The van der Waals surface area contributed by atoms with Crippen LogP contribution in [-0.4, -0.2) is 0 Å². The number of unbranched alkanes of at least 4 members (excludes halogenated alkanes) is 2. The van der Waals surface area contributed by atoms with Gasteiger partial charge in [0.2, 0.25) is 0 Å². The molecular formula is C13H18. The Morgan fingerprint density at radius 1 is 1.23 bits per heavy atom. The van der Waals surface area contributed by atoms with Gasteiger partial charge in [0.1, 0.15) is 0 Å². The largest absolute Gasteiger partial charge is 0.126 e. The minimum atomic E-state index is 0.896. The lowest BCUT2D eigenvalue weighted by Crippen LogP contribution is -1.91. The summed E-state index contributed by atoms with van der Waals surface area (Å²) < 4.78 is 0. The molecule has 0 aromatic heterocycles. The highest BCUT2D eigenvalue weighted by Crippen LogP contribution is 2.21. The van der Waals surface area contributed by atoms with E-state index >= 15 is 0 Å².